The zero-order chi connectivity index (χ0) is 8.53. The van der Waals surface area contributed by atoms with Crippen LogP contribution in [0.25, 0.3) is 0 Å². The van der Waals surface area contributed by atoms with Gasteiger partial charge < -0.3 is 14.4 Å². The molecule has 0 atom stereocenters. The van der Waals surface area contributed by atoms with Crippen LogP contribution in [-0.4, -0.2) is 6.71 Å². The van der Waals surface area contributed by atoms with Gasteiger partial charge in [-0.25, -0.2) is 6.32 Å². The maximum atomic E-state index is 3.96. The molecule has 76 valence electrons. The Bertz CT molecular complexity index is 72.5. The van der Waals surface area contributed by atoms with E-state index in [1.54, 1.807) is 0 Å². The zero-order valence-electron chi connectivity index (χ0n) is 9.94. The quantitative estimate of drug-likeness (QED) is 0.317. The van der Waals surface area contributed by atoms with E-state index in [0.717, 1.165) is 13.0 Å². The molecule has 0 fully saturated rings. The van der Waals surface area contributed by atoms with Crippen LogP contribution in [0.5, 0.6) is 0 Å². The van der Waals surface area contributed by atoms with Gasteiger partial charge in [0.2, 0.25) is 0 Å². The van der Waals surface area contributed by atoms with Crippen LogP contribution >= 0.6 is 0 Å². The van der Waals surface area contributed by atoms with E-state index in [-0.39, 0.29) is 7.43 Å². The molecule has 0 aromatic carbocycles. The summed E-state index contributed by atoms with van der Waals surface area (Å²) in [4.78, 5) is 0. The van der Waals surface area contributed by atoms with Gasteiger partial charge in [0, 0.05) is 0 Å². The largest absolute Gasteiger partial charge is 0.358 e. The Morgan fingerprint density at radius 3 is 2.08 bits per heavy atom. The first-order valence-corrected chi connectivity index (χ1v) is 5.14. The average molecular weight is 435 g/mol. The molecule has 0 saturated heterocycles. The Hall–Kier alpha value is -0.935. The van der Waals surface area contributed by atoms with Crippen molar-refractivity contribution in [2.24, 2.45) is 0 Å². The molecule has 0 nitrogen and oxygen atoms in total. The van der Waals surface area contributed by atoms with Crippen molar-refractivity contribution >= 4 is 6.71 Å². The van der Waals surface area contributed by atoms with E-state index < -0.39 is 0 Å². The molecular formula is C11H25BRf-2. The summed E-state index contributed by atoms with van der Waals surface area (Å²) in [5, 5.41) is 0. The monoisotopic (exact) mass is 435 g/mol. The van der Waals surface area contributed by atoms with Gasteiger partial charge in [0.05, 0.1) is 0 Å². The molecule has 2 heteroatoms. The number of unbranched alkanes of at least 4 members (excludes halogenated alkanes) is 3. The first kappa shape index (κ1) is 18.0. The smallest absolute Gasteiger partial charge is 0.109 e. The van der Waals surface area contributed by atoms with Crippen molar-refractivity contribution in [2.75, 3.05) is 0 Å². The molecule has 0 aliphatic carbocycles. The standard InChI is InChI=1S/C10H22B.CH3.Rf/c1-4-7-8-9-10-11(5-2)6-3;;/h2,4-10H2,1,3H3;1H3;/q2*-1;. The van der Waals surface area contributed by atoms with Crippen LogP contribution in [0.4, 0.5) is 0 Å². The van der Waals surface area contributed by atoms with Gasteiger partial charge in [0.25, 0.3) is 0 Å². The summed E-state index contributed by atoms with van der Waals surface area (Å²) in [7, 11) is 0. The second kappa shape index (κ2) is 13.6. The van der Waals surface area contributed by atoms with Crippen LogP contribution in [0.1, 0.15) is 39.5 Å². The Kier molecular flexibility index (Phi) is 18.9. The molecule has 0 N–H and O–H groups in total. The fourth-order valence-corrected chi connectivity index (χ4v) is 1.41. The van der Waals surface area contributed by atoms with Crippen molar-refractivity contribution < 1.29 is 0 Å². The topological polar surface area (TPSA) is 0 Å². The molecule has 0 spiro atoms. The van der Waals surface area contributed by atoms with E-state index in [2.05, 4.69) is 20.8 Å². The summed E-state index contributed by atoms with van der Waals surface area (Å²) in [5.74, 6) is 0. The van der Waals surface area contributed by atoms with Crippen LogP contribution < -0.4 is 0 Å². The van der Waals surface area contributed by atoms with Crippen molar-refractivity contribution in [3.8, 4) is 0 Å². The summed E-state index contributed by atoms with van der Waals surface area (Å²) in [6.45, 7) is 9.39. The van der Waals surface area contributed by atoms with E-state index in [4.69, 9.17) is 0 Å². The Morgan fingerprint density at radius 1 is 1.08 bits per heavy atom. The van der Waals surface area contributed by atoms with Crippen molar-refractivity contribution in [1.29, 1.82) is 0 Å². The molecule has 0 rings (SSSR count). The molecule has 0 bridgehead atoms. The van der Waals surface area contributed by atoms with Crippen LogP contribution in [0.2, 0.25) is 19.0 Å². The summed E-state index contributed by atoms with van der Waals surface area (Å²) < 4.78 is 0. The Balaban J connectivity index is -0.000000500. The van der Waals surface area contributed by atoms with E-state index in [0.29, 0.717) is 0 Å². The molecule has 0 saturated carbocycles. The molecule has 0 aliphatic rings. The maximum absolute atomic E-state index is 3.96. The fourth-order valence-electron chi connectivity index (χ4n) is 1.41. The summed E-state index contributed by atoms with van der Waals surface area (Å²) in [5.41, 5.74) is 0. The van der Waals surface area contributed by atoms with Crippen molar-refractivity contribution in [1.82, 2.24) is 0 Å². The van der Waals surface area contributed by atoms with Crippen molar-refractivity contribution in [2.45, 2.75) is 58.5 Å². The molecule has 0 heterocycles. The molecule has 0 aliphatic heterocycles. The molecular weight excluding hydrogens is 410 g/mol. The third-order valence-corrected chi connectivity index (χ3v) is 2.45. The third-order valence-electron chi connectivity index (χ3n) is 2.45. The van der Waals surface area contributed by atoms with E-state index >= 15 is 0 Å². The predicted molar refractivity (Wildman–Crippen MR) is 61.8 cm³/mol. The summed E-state index contributed by atoms with van der Waals surface area (Å²) in [6, 6.07) is 0. The van der Waals surface area contributed by atoms with Gasteiger partial charge in [0.15, 0.2) is 0 Å². The minimum absolute atomic E-state index is 0. The second-order valence-corrected chi connectivity index (χ2v) is 3.41. The normalized spacial score (nSPS) is 8.54. The van der Waals surface area contributed by atoms with Gasteiger partial charge >= 0.3 is 0 Å². The molecule has 0 unspecified atom stereocenters. The van der Waals surface area contributed by atoms with Gasteiger partial charge in [-0.1, -0.05) is 52.2 Å². The Labute approximate surface area is 80.2 Å². The van der Waals surface area contributed by atoms with Crippen LogP contribution in [0.15, 0.2) is 0 Å². The maximum Gasteiger partial charge on any atom is 0.109 e. The van der Waals surface area contributed by atoms with E-state index in [1.165, 1.54) is 38.3 Å². The van der Waals surface area contributed by atoms with Crippen molar-refractivity contribution in [3.05, 3.63) is 14.4 Å². The summed E-state index contributed by atoms with van der Waals surface area (Å²) in [6.07, 6.45) is 9.45. The molecule has 0 aromatic rings. The van der Waals surface area contributed by atoms with Crippen LogP contribution in [-0.2, 0) is 0 Å². The SMILES string of the molecule is [CH2-]CB(CC)CCCCCC.[CH3-].[Rf]. The second-order valence-electron chi connectivity index (χ2n) is 3.41. The average Bonchev–Trinajstić information content (AvgIpc) is 2.05. The summed E-state index contributed by atoms with van der Waals surface area (Å²) >= 11 is 0. The zero-order valence-corrected chi connectivity index (χ0v) is 16.3. The van der Waals surface area contributed by atoms with Crippen molar-refractivity contribution in [3.63, 3.8) is 0 Å². The Morgan fingerprint density at radius 2 is 1.69 bits per heavy atom. The number of rotatable bonds is 7. The number of hydrogen-bond donors (Lipinski definition) is 0. The van der Waals surface area contributed by atoms with E-state index in [9.17, 15) is 0 Å². The number of hydrogen-bond acceptors (Lipinski definition) is 0. The molecule has 13 heavy (non-hydrogen) atoms. The first-order valence-electron chi connectivity index (χ1n) is 5.14. The minimum atomic E-state index is 0. The predicted octanol–water partition coefficient (Wildman–Crippen LogP) is 4.37. The molecule has 0 amide bonds. The molecule has 0 radical (unpaired) electrons. The van der Waals surface area contributed by atoms with Gasteiger partial charge in [-0.05, 0) is 0 Å². The van der Waals surface area contributed by atoms with Gasteiger partial charge in [-0.2, -0.15) is 0 Å². The fraction of sp³-hybridized carbons (Fsp3) is 0.818. The third kappa shape index (κ3) is 11.1. The van der Waals surface area contributed by atoms with E-state index in [1.807, 2.05) is 0 Å². The van der Waals surface area contributed by atoms with Gasteiger partial charge in [-0.15, -0.1) is 0 Å². The minimum Gasteiger partial charge on any atom is -0.358 e. The first-order chi connectivity index (χ1) is 5.35. The van der Waals surface area contributed by atoms with Crippen LogP contribution in [0.3, 0.4) is 0 Å². The van der Waals surface area contributed by atoms with Crippen LogP contribution in [0, 0.1) is 14.4 Å². The van der Waals surface area contributed by atoms with Gasteiger partial charge in [0.1, 0.15) is 6.71 Å². The van der Waals surface area contributed by atoms with Gasteiger partial charge in [-0.3, -0.25) is 0 Å². The molecule has 0 aromatic heterocycles.